The molecule has 0 aliphatic carbocycles. The van der Waals surface area contributed by atoms with Crippen molar-refractivity contribution in [3.63, 3.8) is 0 Å². The standard InChI is InChI=1S/C24H29F3N2O3/c1-16(12-21(30)24(2,3)27)17-4-6-19(7-5-17)32-20-9-11-29(14-20)18-8-10-28-23(13-18)31-15-22(25)26/h4-8,10,13,16,20,22H,9,11-12,14-15H2,1-3H3/t16-,20?/m1/s1. The third-order valence-corrected chi connectivity index (χ3v) is 5.49. The minimum atomic E-state index is -2.55. The smallest absolute Gasteiger partial charge is 0.272 e. The van der Waals surface area contributed by atoms with E-state index >= 15 is 0 Å². The summed E-state index contributed by atoms with van der Waals surface area (Å²) in [6, 6.07) is 11.0. The minimum Gasteiger partial charge on any atom is -0.489 e. The first kappa shape index (κ1) is 23.9. The fraction of sp³-hybridized carbons (Fsp3) is 0.500. The Morgan fingerprint density at radius 2 is 1.97 bits per heavy atom. The molecule has 5 nitrogen and oxygen atoms in total. The van der Waals surface area contributed by atoms with Crippen molar-refractivity contribution in [2.24, 2.45) is 0 Å². The van der Waals surface area contributed by atoms with E-state index in [1.807, 2.05) is 37.3 Å². The number of nitrogens with zero attached hydrogens (tertiary/aromatic N) is 2. The van der Waals surface area contributed by atoms with Crippen LogP contribution in [0.3, 0.4) is 0 Å². The molecule has 1 aromatic heterocycles. The van der Waals surface area contributed by atoms with Gasteiger partial charge >= 0.3 is 0 Å². The van der Waals surface area contributed by atoms with Gasteiger partial charge in [0.15, 0.2) is 18.1 Å². The molecule has 2 aromatic rings. The summed E-state index contributed by atoms with van der Waals surface area (Å²) in [4.78, 5) is 18.0. The summed E-state index contributed by atoms with van der Waals surface area (Å²) in [6.45, 7) is 5.20. The number of hydrogen-bond donors (Lipinski definition) is 0. The number of carbonyl (C=O) groups excluding carboxylic acids is 1. The van der Waals surface area contributed by atoms with Gasteiger partial charge < -0.3 is 14.4 Å². The van der Waals surface area contributed by atoms with Gasteiger partial charge in [0, 0.05) is 37.3 Å². The van der Waals surface area contributed by atoms with Gasteiger partial charge in [-0.25, -0.2) is 18.2 Å². The summed E-state index contributed by atoms with van der Waals surface area (Å²) in [5.41, 5.74) is -0.0212. The van der Waals surface area contributed by atoms with E-state index in [0.717, 1.165) is 30.0 Å². The van der Waals surface area contributed by atoms with Crippen LogP contribution in [0, 0.1) is 0 Å². The average molecular weight is 451 g/mol. The molecule has 174 valence electrons. The largest absolute Gasteiger partial charge is 0.489 e. The third-order valence-electron chi connectivity index (χ3n) is 5.49. The molecule has 8 heteroatoms. The highest BCUT2D eigenvalue weighted by atomic mass is 19.3. The zero-order valence-corrected chi connectivity index (χ0v) is 18.6. The van der Waals surface area contributed by atoms with Gasteiger partial charge in [-0.3, -0.25) is 4.79 Å². The number of pyridine rings is 1. The maximum Gasteiger partial charge on any atom is 0.272 e. The molecule has 1 aliphatic heterocycles. The Balaban J connectivity index is 1.53. The van der Waals surface area contributed by atoms with Crippen molar-refractivity contribution in [3.05, 3.63) is 48.2 Å². The predicted molar refractivity (Wildman–Crippen MR) is 117 cm³/mol. The van der Waals surface area contributed by atoms with Crippen LogP contribution in [0.2, 0.25) is 0 Å². The number of hydrogen-bond acceptors (Lipinski definition) is 5. The Morgan fingerprint density at radius 1 is 1.25 bits per heavy atom. The van der Waals surface area contributed by atoms with Gasteiger partial charge in [-0.2, -0.15) is 0 Å². The number of anilines is 1. The molecule has 0 N–H and O–H groups in total. The fourth-order valence-electron chi connectivity index (χ4n) is 3.59. The molecule has 0 radical (unpaired) electrons. The van der Waals surface area contributed by atoms with E-state index in [2.05, 4.69) is 9.88 Å². The first-order valence-electron chi connectivity index (χ1n) is 10.7. The number of Topliss-reactive ketones (excluding diaryl/α,β-unsaturated/α-hetero) is 1. The molecule has 0 amide bonds. The topological polar surface area (TPSA) is 51.7 Å². The van der Waals surface area contributed by atoms with Crippen LogP contribution in [0.15, 0.2) is 42.6 Å². The van der Waals surface area contributed by atoms with Crippen LogP contribution in [-0.2, 0) is 4.79 Å². The maximum atomic E-state index is 13.8. The number of ketones is 1. The van der Waals surface area contributed by atoms with Crippen LogP contribution in [0.1, 0.15) is 45.1 Å². The van der Waals surface area contributed by atoms with Gasteiger partial charge in [0.1, 0.15) is 11.9 Å². The Bertz CT molecular complexity index is 900. The third kappa shape index (κ3) is 6.61. The van der Waals surface area contributed by atoms with Crippen LogP contribution < -0.4 is 14.4 Å². The molecule has 32 heavy (non-hydrogen) atoms. The van der Waals surface area contributed by atoms with Crippen molar-refractivity contribution in [3.8, 4) is 11.6 Å². The number of halogens is 3. The number of aromatic nitrogens is 1. The first-order chi connectivity index (χ1) is 15.1. The highest BCUT2D eigenvalue weighted by Crippen LogP contribution is 2.28. The molecule has 1 saturated heterocycles. The number of rotatable bonds is 10. The second-order valence-electron chi connectivity index (χ2n) is 8.60. The fourth-order valence-corrected chi connectivity index (χ4v) is 3.59. The molecular weight excluding hydrogens is 421 g/mol. The van der Waals surface area contributed by atoms with Crippen LogP contribution >= 0.6 is 0 Å². The summed E-state index contributed by atoms with van der Waals surface area (Å²) >= 11 is 0. The number of alkyl halides is 3. The van der Waals surface area contributed by atoms with Crippen molar-refractivity contribution in [2.45, 2.75) is 57.7 Å². The second kappa shape index (κ2) is 10.2. The lowest BCUT2D eigenvalue weighted by Crippen LogP contribution is -2.27. The van der Waals surface area contributed by atoms with Crippen LogP contribution in [-0.4, -0.2) is 48.7 Å². The van der Waals surface area contributed by atoms with Crippen LogP contribution in [0.4, 0.5) is 18.9 Å². The molecule has 1 aromatic carbocycles. The molecule has 0 saturated carbocycles. The predicted octanol–water partition coefficient (Wildman–Crippen LogP) is 5.19. The minimum absolute atomic E-state index is 0.0224. The first-order valence-corrected chi connectivity index (χ1v) is 10.7. The molecule has 0 spiro atoms. The SMILES string of the molecule is C[C@H](CC(=O)C(C)(C)F)c1ccc(OC2CCN(c3ccnc(OCC(F)F)c3)C2)cc1. The van der Waals surface area contributed by atoms with Gasteiger partial charge in [-0.15, -0.1) is 0 Å². The summed E-state index contributed by atoms with van der Waals surface area (Å²) in [7, 11) is 0. The normalized spacial score (nSPS) is 17.5. The molecule has 2 atom stereocenters. The zero-order chi connectivity index (χ0) is 23.3. The number of carbonyl (C=O) groups is 1. The van der Waals surface area contributed by atoms with Crippen molar-refractivity contribution < 1.29 is 27.4 Å². The zero-order valence-electron chi connectivity index (χ0n) is 18.6. The lowest BCUT2D eigenvalue weighted by Gasteiger charge is -2.20. The molecule has 0 bridgehead atoms. The van der Waals surface area contributed by atoms with E-state index in [4.69, 9.17) is 9.47 Å². The highest BCUT2D eigenvalue weighted by molar-refractivity contribution is 5.86. The summed E-state index contributed by atoms with van der Waals surface area (Å²) in [5.74, 6) is 0.407. The maximum absolute atomic E-state index is 13.8. The van der Waals surface area contributed by atoms with Crippen molar-refractivity contribution >= 4 is 11.5 Å². The number of benzene rings is 1. The Labute approximate surface area is 186 Å². The van der Waals surface area contributed by atoms with Crippen molar-refractivity contribution in [2.75, 3.05) is 24.6 Å². The quantitative estimate of drug-likeness (QED) is 0.498. The summed E-state index contributed by atoms with van der Waals surface area (Å²) in [5, 5.41) is 0. The van der Waals surface area contributed by atoms with Gasteiger partial charge in [0.05, 0.1) is 6.54 Å². The van der Waals surface area contributed by atoms with Gasteiger partial charge in [0.25, 0.3) is 6.43 Å². The van der Waals surface area contributed by atoms with Crippen LogP contribution in [0.5, 0.6) is 11.6 Å². The Kier molecular flexibility index (Phi) is 7.64. The highest BCUT2D eigenvalue weighted by Gasteiger charge is 2.28. The van der Waals surface area contributed by atoms with Gasteiger partial charge in [-0.1, -0.05) is 19.1 Å². The van der Waals surface area contributed by atoms with E-state index < -0.39 is 24.5 Å². The summed E-state index contributed by atoms with van der Waals surface area (Å²) < 4.78 is 49.6. The van der Waals surface area contributed by atoms with Gasteiger partial charge in [-0.05, 0) is 43.5 Å². The van der Waals surface area contributed by atoms with E-state index in [9.17, 15) is 18.0 Å². The van der Waals surface area contributed by atoms with Crippen molar-refractivity contribution in [1.82, 2.24) is 4.98 Å². The molecule has 1 unspecified atom stereocenters. The summed E-state index contributed by atoms with van der Waals surface area (Å²) in [6.07, 6.45) is -0.0653. The second-order valence-corrected chi connectivity index (χ2v) is 8.60. The molecule has 1 aliphatic rings. The Morgan fingerprint density at radius 3 is 2.62 bits per heavy atom. The van der Waals surface area contributed by atoms with Crippen LogP contribution in [0.25, 0.3) is 0 Å². The lowest BCUT2D eigenvalue weighted by molar-refractivity contribution is -0.128. The van der Waals surface area contributed by atoms with Crippen molar-refractivity contribution in [1.29, 1.82) is 0 Å². The van der Waals surface area contributed by atoms with E-state index in [0.29, 0.717) is 6.54 Å². The lowest BCUT2D eigenvalue weighted by atomic mass is 9.91. The average Bonchev–Trinajstić information content (AvgIpc) is 3.21. The van der Waals surface area contributed by atoms with E-state index in [-0.39, 0.29) is 24.3 Å². The monoisotopic (exact) mass is 450 g/mol. The molecule has 3 rings (SSSR count). The molecule has 2 heterocycles. The van der Waals surface area contributed by atoms with E-state index in [1.165, 1.54) is 13.8 Å². The van der Waals surface area contributed by atoms with E-state index in [1.54, 1.807) is 12.3 Å². The van der Waals surface area contributed by atoms with Gasteiger partial charge in [0.2, 0.25) is 5.88 Å². The molecule has 1 fully saturated rings. The molecular formula is C24H29F3N2O3. The Hall–Kier alpha value is -2.77. The number of ether oxygens (including phenoxy) is 2.